The maximum atomic E-state index is 11.6. The highest BCUT2D eigenvalue weighted by molar-refractivity contribution is 5.73. The Balaban J connectivity index is 0. The maximum absolute atomic E-state index is 11.6. The van der Waals surface area contributed by atoms with Gasteiger partial charge in [0.05, 0.1) is 0 Å². The van der Waals surface area contributed by atoms with Crippen molar-refractivity contribution in [2.24, 2.45) is 0 Å². The summed E-state index contributed by atoms with van der Waals surface area (Å²) in [7, 11) is 0. The van der Waals surface area contributed by atoms with Gasteiger partial charge in [0.25, 0.3) is 0 Å². The van der Waals surface area contributed by atoms with Crippen molar-refractivity contribution in [3.63, 3.8) is 0 Å². The molecule has 16 nitrogen and oxygen atoms in total. The third-order valence-corrected chi connectivity index (χ3v) is 7.94. The molecule has 0 heterocycles. The summed E-state index contributed by atoms with van der Waals surface area (Å²) in [5.74, 6) is -4.54. The number of aliphatic carboxylic acids is 2. The van der Waals surface area contributed by atoms with Crippen molar-refractivity contribution >= 4 is 23.9 Å². The molecule has 0 saturated carbocycles. The van der Waals surface area contributed by atoms with Crippen molar-refractivity contribution in [2.75, 3.05) is 13.2 Å². The van der Waals surface area contributed by atoms with Crippen LogP contribution in [-0.2, 0) is 28.7 Å². The van der Waals surface area contributed by atoms with Crippen LogP contribution < -0.4 is 0 Å². The Hall–Kier alpha value is -2.44. The third kappa shape index (κ3) is 25.5. The summed E-state index contributed by atoms with van der Waals surface area (Å²) in [6, 6.07) is 0. The summed E-state index contributed by atoms with van der Waals surface area (Å²) in [4.78, 5) is 44.0. The second-order valence-corrected chi connectivity index (χ2v) is 12.5. The fourth-order valence-corrected chi connectivity index (χ4v) is 4.63. The molecular formula is C34H64O16. The van der Waals surface area contributed by atoms with Gasteiger partial charge in [-0.25, -0.2) is 9.59 Å². The van der Waals surface area contributed by atoms with Gasteiger partial charge in [-0.1, -0.05) is 104 Å². The summed E-state index contributed by atoms with van der Waals surface area (Å²) in [6.45, 7) is 3.16. The van der Waals surface area contributed by atoms with Crippen LogP contribution >= 0.6 is 0 Å². The van der Waals surface area contributed by atoms with Crippen LogP contribution in [0, 0.1) is 0 Å². The van der Waals surface area contributed by atoms with Crippen molar-refractivity contribution in [2.45, 2.75) is 178 Å². The Bertz CT molecular complexity index is 887. The number of carbonyl (C=O) groups is 4. The Morgan fingerprint density at radius 3 is 0.940 bits per heavy atom. The van der Waals surface area contributed by atoms with Crippen molar-refractivity contribution in [1.82, 2.24) is 0 Å². The van der Waals surface area contributed by atoms with Gasteiger partial charge in [0.1, 0.15) is 49.8 Å². The topological polar surface area (TPSA) is 289 Å². The molecule has 10 N–H and O–H groups in total. The fraction of sp³-hybridized carbons (Fsp3) is 0.882. The van der Waals surface area contributed by atoms with E-state index < -0.39 is 85.9 Å². The highest BCUT2D eigenvalue weighted by Gasteiger charge is 2.35. The Morgan fingerprint density at radius 2 is 0.680 bits per heavy atom. The maximum Gasteiger partial charge on any atom is 0.335 e. The van der Waals surface area contributed by atoms with Crippen LogP contribution in [0.2, 0.25) is 0 Å². The molecule has 0 aromatic rings. The molecule has 0 aromatic carbocycles. The average molecular weight is 729 g/mol. The van der Waals surface area contributed by atoms with Gasteiger partial charge in [-0.3, -0.25) is 9.59 Å². The molecule has 0 radical (unpaired) electrons. The predicted molar refractivity (Wildman–Crippen MR) is 180 cm³/mol. The first-order chi connectivity index (χ1) is 23.6. The second kappa shape index (κ2) is 31.3. The van der Waals surface area contributed by atoms with E-state index in [-0.39, 0.29) is 12.8 Å². The molecule has 0 aliphatic rings. The number of carboxylic acid groups (broad SMARTS) is 2. The lowest BCUT2D eigenvalue weighted by molar-refractivity contribution is -0.168. The lowest BCUT2D eigenvalue weighted by Crippen LogP contribution is -2.49. The molecule has 0 bridgehead atoms. The number of esters is 2. The van der Waals surface area contributed by atoms with E-state index in [9.17, 15) is 49.8 Å². The zero-order valence-electron chi connectivity index (χ0n) is 29.7. The normalized spacial score (nSPS) is 16.0. The van der Waals surface area contributed by atoms with Crippen LogP contribution in [0.4, 0.5) is 0 Å². The molecule has 0 rings (SSSR count). The second-order valence-electron chi connectivity index (χ2n) is 12.5. The van der Waals surface area contributed by atoms with Gasteiger partial charge in [0.15, 0.2) is 12.2 Å². The zero-order chi connectivity index (χ0) is 38.5. The molecule has 0 saturated heterocycles. The SMILES string of the molecule is CCCCCCCCCC(=O)OC[C@@H](O)[C@@H](O)[C@H](O)[C@@H](O)C(=O)O.CCCCCCCCCCCC(=O)OC[C@@H](O)[C@@H](O)[C@H](O)[C@@H](O)C(=O)O. The van der Waals surface area contributed by atoms with Gasteiger partial charge in [-0.2, -0.15) is 0 Å². The van der Waals surface area contributed by atoms with E-state index in [1.807, 2.05) is 0 Å². The van der Waals surface area contributed by atoms with Gasteiger partial charge in [-0.15, -0.1) is 0 Å². The minimum atomic E-state index is -2.24. The molecule has 50 heavy (non-hydrogen) atoms. The molecule has 296 valence electrons. The Morgan fingerprint density at radius 1 is 0.420 bits per heavy atom. The number of unbranched alkanes of at least 4 members (excludes halogenated alkanes) is 14. The zero-order valence-corrected chi connectivity index (χ0v) is 29.7. The molecule has 0 unspecified atom stereocenters. The quantitative estimate of drug-likeness (QED) is 0.0367. The van der Waals surface area contributed by atoms with Crippen molar-refractivity contribution in [3.8, 4) is 0 Å². The Kier molecular flexibility index (Phi) is 31.1. The lowest BCUT2D eigenvalue weighted by Gasteiger charge is -2.24. The molecule has 16 heteroatoms. The largest absolute Gasteiger partial charge is 0.479 e. The fourth-order valence-electron chi connectivity index (χ4n) is 4.63. The molecule has 8 atom stereocenters. The van der Waals surface area contributed by atoms with Gasteiger partial charge < -0.3 is 60.5 Å². The van der Waals surface area contributed by atoms with Gasteiger partial charge >= 0.3 is 23.9 Å². The summed E-state index contributed by atoms with van der Waals surface area (Å²) in [5.41, 5.74) is 0. The van der Waals surface area contributed by atoms with E-state index >= 15 is 0 Å². The van der Waals surface area contributed by atoms with Crippen molar-refractivity contribution < 1.29 is 79.7 Å². The minimum Gasteiger partial charge on any atom is -0.479 e. The first-order valence-corrected chi connectivity index (χ1v) is 17.8. The van der Waals surface area contributed by atoms with Crippen LogP contribution in [0.5, 0.6) is 0 Å². The van der Waals surface area contributed by atoms with Crippen LogP contribution in [0.3, 0.4) is 0 Å². The number of aliphatic hydroxyl groups is 8. The Labute approximate surface area is 295 Å². The third-order valence-electron chi connectivity index (χ3n) is 7.94. The van der Waals surface area contributed by atoms with E-state index in [0.717, 1.165) is 38.5 Å². The number of hydrogen-bond acceptors (Lipinski definition) is 14. The van der Waals surface area contributed by atoms with Crippen molar-refractivity contribution in [3.05, 3.63) is 0 Å². The van der Waals surface area contributed by atoms with E-state index in [1.165, 1.54) is 51.4 Å². The van der Waals surface area contributed by atoms with E-state index in [2.05, 4.69) is 13.8 Å². The number of carbonyl (C=O) groups excluding carboxylic acids is 2. The summed E-state index contributed by atoms with van der Waals surface area (Å²) < 4.78 is 9.57. The average Bonchev–Trinajstić information content (AvgIpc) is 3.09. The highest BCUT2D eigenvalue weighted by atomic mass is 16.5. The molecular weight excluding hydrogens is 664 g/mol. The molecule has 0 amide bonds. The number of aliphatic hydroxyl groups excluding tert-OH is 8. The molecule has 0 fully saturated rings. The predicted octanol–water partition coefficient (Wildman–Crippen LogP) is 1.18. The number of carboxylic acids is 2. The monoisotopic (exact) mass is 728 g/mol. The standard InChI is InChI=1S/C18H34O8.C16H30O8/c1-2-3-4-5-6-7-8-9-10-11-14(20)26-12-13(19)15(21)16(22)17(23)18(24)25;1-2-3-4-5-6-7-8-9-12(18)24-10-11(17)13(19)14(20)15(21)16(22)23/h13,15-17,19,21-23H,2-12H2,1H3,(H,24,25);11,13-15,17,19-21H,2-10H2,1H3,(H,22,23)/t13-,15-,16+,17-;11-,13-,14+,15-/m11/s1. The number of hydrogen-bond donors (Lipinski definition) is 10. The van der Waals surface area contributed by atoms with Gasteiger partial charge in [0.2, 0.25) is 0 Å². The molecule has 0 aliphatic heterocycles. The van der Waals surface area contributed by atoms with Crippen LogP contribution in [0.15, 0.2) is 0 Å². The first-order valence-electron chi connectivity index (χ1n) is 17.8. The van der Waals surface area contributed by atoms with Gasteiger partial charge in [0, 0.05) is 12.8 Å². The van der Waals surface area contributed by atoms with Crippen LogP contribution in [0.25, 0.3) is 0 Å². The van der Waals surface area contributed by atoms with E-state index in [1.54, 1.807) is 0 Å². The molecule has 0 aromatic heterocycles. The van der Waals surface area contributed by atoms with Crippen LogP contribution in [0.1, 0.15) is 129 Å². The molecule has 0 spiro atoms. The minimum absolute atomic E-state index is 0.191. The number of ether oxygens (including phenoxy) is 2. The summed E-state index contributed by atoms with van der Waals surface area (Å²) in [5, 5.41) is 92.2. The van der Waals surface area contributed by atoms with Gasteiger partial charge in [-0.05, 0) is 12.8 Å². The van der Waals surface area contributed by atoms with Crippen LogP contribution in [-0.4, -0.2) is 137 Å². The summed E-state index contributed by atoms with van der Waals surface area (Å²) >= 11 is 0. The number of rotatable bonds is 30. The van der Waals surface area contributed by atoms with E-state index in [4.69, 9.17) is 29.9 Å². The highest BCUT2D eigenvalue weighted by Crippen LogP contribution is 2.13. The smallest absolute Gasteiger partial charge is 0.335 e. The summed E-state index contributed by atoms with van der Waals surface area (Å²) in [6.07, 6.45) is 1.85. The molecule has 0 aliphatic carbocycles. The van der Waals surface area contributed by atoms with Crippen molar-refractivity contribution in [1.29, 1.82) is 0 Å². The lowest BCUT2D eigenvalue weighted by atomic mass is 10.0. The van der Waals surface area contributed by atoms with E-state index in [0.29, 0.717) is 12.8 Å². The first kappa shape index (κ1) is 49.7.